The number of hydrogen-bond donors (Lipinski definition) is 6. The number of halogens is 1. The second-order valence-corrected chi connectivity index (χ2v) is 16.8. The summed E-state index contributed by atoms with van der Waals surface area (Å²) in [5.74, 6) is -3.80. The molecule has 28 heteroatoms. The first-order chi connectivity index (χ1) is 32.0. The molecule has 0 spiro atoms. The van der Waals surface area contributed by atoms with Gasteiger partial charge in [0.1, 0.15) is 24.4 Å². The molecule has 25 nitrogen and oxygen atoms in total. The first-order valence-electron chi connectivity index (χ1n) is 20.5. The normalized spacial score (nSPS) is 11.3. The molecular formula is C41H68BrN9O16P2. The third kappa shape index (κ3) is 38.4. The molecular weight excluding hydrogens is 1020 g/mol. The van der Waals surface area contributed by atoms with E-state index in [1.165, 1.54) is 51.1 Å². The van der Waals surface area contributed by atoms with E-state index in [-0.39, 0.29) is 101 Å². The summed E-state index contributed by atoms with van der Waals surface area (Å²) in [4.78, 5) is 90.4. The summed E-state index contributed by atoms with van der Waals surface area (Å²) in [6.45, 7) is 6.35. The molecule has 390 valence electrons. The quantitative estimate of drug-likeness (QED) is 0.00726. The lowest BCUT2D eigenvalue weighted by molar-refractivity contribution is -0.385. The van der Waals surface area contributed by atoms with Gasteiger partial charge in [0.05, 0.1) is 29.5 Å². The molecule has 0 aromatic heterocycles. The fourth-order valence-electron chi connectivity index (χ4n) is 5.69. The number of carbonyl (C=O) groups excluding carboxylic acids is 3. The maximum absolute atomic E-state index is 11.5. The van der Waals surface area contributed by atoms with Crippen molar-refractivity contribution in [2.75, 3.05) is 77.7 Å². The summed E-state index contributed by atoms with van der Waals surface area (Å²) >= 11 is 2.99. The molecule has 0 bridgehead atoms. The Bertz CT molecular complexity index is 1790. The summed E-state index contributed by atoms with van der Waals surface area (Å²) < 4.78 is 17.8. The molecule has 8 N–H and O–H groups in total. The van der Waals surface area contributed by atoms with Gasteiger partial charge in [-0.2, -0.15) is 0 Å². The minimum atomic E-state index is -1.21. The number of ether oxygens (including phenoxy) is 3. The van der Waals surface area contributed by atoms with E-state index in [1.807, 2.05) is 20.8 Å². The molecule has 3 atom stereocenters. The Morgan fingerprint density at radius 1 is 0.841 bits per heavy atom. The van der Waals surface area contributed by atoms with Crippen LogP contribution in [0.15, 0.2) is 53.0 Å². The standard InChI is InChI=1S/C22H30N4O12.C12H20N4O2.C6H11BrO2.CH4.H3NP2/c27-15-37-13-25(14-38-16-28)19(8-17-2-4-18(5-3-17)26(35)36)9-23(10-20(29)30)6-1-7-24(11-21(31)32)12-22(33)34;13-6-1-7-15-9-11(14)8-10-2-4-12(5-3-10)16(17)18;1-6(2,3)9-5(8)4-7;;2-1-3/h2-5,15-16,19H,1,6-14H2,(H,29,30)(H,31,32)(H,33,34);2-5,11,15H,1,6-9,13-14H2;4H2,1-3H3;1H4;2H,3H2. The molecule has 0 aliphatic rings. The van der Waals surface area contributed by atoms with Crippen molar-refractivity contribution < 1.29 is 68.1 Å². The monoisotopic (exact) mass is 1080 g/mol. The largest absolute Gasteiger partial charge is 0.480 e. The van der Waals surface area contributed by atoms with Crippen molar-refractivity contribution in [3.05, 3.63) is 79.9 Å². The molecule has 0 aliphatic heterocycles. The molecule has 2 rings (SSSR count). The smallest absolute Gasteiger partial charge is 0.317 e. The van der Waals surface area contributed by atoms with Crippen molar-refractivity contribution in [1.82, 2.24) is 20.0 Å². The number of nitrogens with one attached hydrogen (secondary N) is 1. The van der Waals surface area contributed by atoms with Gasteiger partial charge in [-0.05, 0) is 89.1 Å². The highest BCUT2D eigenvalue weighted by atomic mass is 79.9. The van der Waals surface area contributed by atoms with Gasteiger partial charge in [-0.15, -0.1) is 0 Å². The Kier molecular flexibility index (Phi) is 40.2. The molecule has 3 unspecified atom stereocenters. The number of carboxylic acids is 3. The number of hydrogen-bond acceptors (Lipinski definition) is 20. The van der Waals surface area contributed by atoms with Gasteiger partial charge in [-0.1, -0.05) is 47.6 Å². The first kappa shape index (κ1) is 68.1. The molecule has 69 heavy (non-hydrogen) atoms. The van der Waals surface area contributed by atoms with Gasteiger partial charge < -0.3 is 46.3 Å². The number of carbonyl (C=O) groups is 6. The SMILES string of the molecule is C.CC(C)(C)OC(=O)CBr.NCCCNCC(N)Cc1ccc([N+](=O)[O-])cc1.O=COCN(COC=O)C(Cc1ccc([N+](=O)[O-])cc1)CN(CCCN(CC(=O)O)CC(=O)O)CC(=O)O.P=NP. The number of carboxylic acid groups (broad SMARTS) is 3. The third-order valence-corrected chi connectivity index (χ3v) is 8.84. The Hall–Kier alpha value is -5.17. The summed E-state index contributed by atoms with van der Waals surface area (Å²) in [7, 11) is 4.89. The third-order valence-electron chi connectivity index (χ3n) is 8.38. The number of alkyl halides is 1. The number of nitrogens with two attached hydrogens (primary N) is 2. The average molecular weight is 1080 g/mol. The zero-order valence-electron chi connectivity index (χ0n) is 38.2. The minimum absolute atomic E-state index is 0. The Morgan fingerprint density at radius 3 is 1.62 bits per heavy atom. The van der Waals surface area contributed by atoms with Gasteiger partial charge in [-0.3, -0.25) is 63.3 Å². The molecule has 0 aliphatic carbocycles. The van der Waals surface area contributed by atoms with Crippen molar-refractivity contribution in [3.63, 3.8) is 0 Å². The van der Waals surface area contributed by atoms with Gasteiger partial charge in [-0.25, -0.2) is 4.90 Å². The fourth-order valence-corrected chi connectivity index (χ4v) is 5.80. The number of esters is 1. The minimum Gasteiger partial charge on any atom is -0.480 e. The van der Waals surface area contributed by atoms with Crippen LogP contribution in [0.3, 0.4) is 0 Å². The van der Waals surface area contributed by atoms with Crippen LogP contribution >= 0.6 is 34.4 Å². The van der Waals surface area contributed by atoms with Crippen LogP contribution in [0.5, 0.6) is 0 Å². The Labute approximate surface area is 414 Å². The maximum Gasteiger partial charge on any atom is 0.317 e. The summed E-state index contributed by atoms with van der Waals surface area (Å²) in [6.07, 6.45) is 2.06. The van der Waals surface area contributed by atoms with E-state index in [1.54, 1.807) is 12.1 Å². The fraction of sp³-hybridized carbons (Fsp3) is 0.561. The van der Waals surface area contributed by atoms with E-state index in [4.69, 9.17) is 35.9 Å². The van der Waals surface area contributed by atoms with Gasteiger partial charge in [0.2, 0.25) is 0 Å². The summed E-state index contributed by atoms with van der Waals surface area (Å²) in [6, 6.07) is 11.5. The van der Waals surface area contributed by atoms with E-state index in [0.717, 1.165) is 25.1 Å². The Morgan fingerprint density at radius 2 is 1.26 bits per heavy atom. The zero-order chi connectivity index (χ0) is 52.1. The average Bonchev–Trinajstić information content (AvgIpc) is 3.25. The Balaban J connectivity index is -0.00000115. The molecule has 0 radical (unpaired) electrons. The lowest BCUT2D eigenvalue weighted by atomic mass is 10.0. The van der Waals surface area contributed by atoms with Crippen molar-refractivity contribution in [2.45, 2.75) is 71.6 Å². The lowest BCUT2D eigenvalue weighted by Crippen LogP contribution is -2.48. The van der Waals surface area contributed by atoms with Gasteiger partial charge in [0, 0.05) is 62.5 Å². The van der Waals surface area contributed by atoms with Crippen LogP contribution in [-0.4, -0.2) is 172 Å². The highest BCUT2D eigenvalue weighted by molar-refractivity contribution is 9.09. The molecule has 0 amide bonds. The van der Waals surface area contributed by atoms with Gasteiger partial charge >= 0.3 is 23.9 Å². The van der Waals surface area contributed by atoms with E-state index < -0.39 is 53.4 Å². The van der Waals surface area contributed by atoms with Crippen LogP contribution < -0.4 is 16.8 Å². The second kappa shape index (κ2) is 40.7. The van der Waals surface area contributed by atoms with Crippen LogP contribution in [0, 0.1) is 20.2 Å². The summed E-state index contributed by atoms with van der Waals surface area (Å²) in [5.41, 5.74) is 12.6. The van der Waals surface area contributed by atoms with Gasteiger partial charge in [0.25, 0.3) is 24.3 Å². The predicted molar refractivity (Wildman–Crippen MR) is 265 cm³/mol. The number of nitro groups is 2. The van der Waals surface area contributed by atoms with Crippen LogP contribution in [0.2, 0.25) is 0 Å². The van der Waals surface area contributed by atoms with Gasteiger partial charge in [0.15, 0.2) is 0 Å². The summed E-state index contributed by atoms with van der Waals surface area (Å²) in [5, 5.41) is 52.3. The second-order valence-electron chi connectivity index (χ2n) is 15.2. The van der Waals surface area contributed by atoms with Crippen LogP contribution in [0.4, 0.5) is 11.4 Å². The van der Waals surface area contributed by atoms with E-state index >= 15 is 0 Å². The van der Waals surface area contributed by atoms with Crippen molar-refractivity contribution in [3.8, 4) is 0 Å². The topological polar surface area (TPSA) is 363 Å². The van der Waals surface area contributed by atoms with E-state index in [2.05, 4.69) is 44.2 Å². The number of non-ortho nitro benzene ring substituents is 2. The molecule has 0 heterocycles. The number of benzene rings is 2. The van der Waals surface area contributed by atoms with Crippen LogP contribution in [0.25, 0.3) is 0 Å². The van der Waals surface area contributed by atoms with E-state index in [0.29, 0.717) is 18.5 Å². The van der Waals surface area contributed by atoms with E-state index in [9.17, 15) is 54.1 Å². The molecule has 0 fully saturated rings. The van der Waals surface area contributed by atoms with Crippen molar-refractivity contribution in [2.24, 2.45) is 16.0 Å². The molecule has 2 aromatic carbocycles. The highest BCUT2D eigenvalue weighted by Gasteiger charge is 2.25. The molecule has 0 saturated carbocycles. The van der Waals surface area contributed by atoms with Crippen LogP contribution in [0.1, 0.15) is 52.2 Å². The number of aliphatic carboxylic acids is 3. The van der Waals surface area contributed by atoms with Crippen molar-refractivity contribution in [1.29, 1.82) is 0 Å². The van der Waals surface area contributed by atoms with Crippen LogP contribution in [-0.2, 0) is 55.8 Å². The van der Waals surface area contributed by atoms with Crippen molar-refractivity contribution >= 4 is 82.5 Å². The molecule has 0 saturated heterocycles. The number of nitrogens with zero attached hydrogens (tertiary/aromatic N) is 6. The predicted octanol–water partition coefficient (Wildman–Crippen LogP) is 3.18. The lowest BCUT2D eigenvalue weighted by Gasteiger charge is -2.34. The number of nitro benzene ring substituents is 2. The molecule has 2 aromatic rings. The highest BCUT2D eigenvalue weighted by Crippen LogP contribution is 2.17. The maximum atomic E-state index is 11.5. The number of rotatable bonds is 31. The zero-order valence-corrected chi connectivity index (χ0v) is 41.9. The first-order valence-corrected chi connectivity index (χ1v) is 22.6.